The fourth-order valence-electron chi connectivity index (χ4n) is 7.18. The smallest absolute Gasteiger partial charge is 0.322 e. The van der Waals surface area contributed by atoms with Gasteiger partial charge in [0.25, 0.3) is 0 Å². The number of carbonyl (C=O) groups excluding carboxylic acids is 3. The lowest BCUT2D eigenvalue weighted by atomic mass is 9.53. The molecule has 2 heterocycles. The van der Waals surface area contributed by atoms with Crippen LogP contribution in [0.1, 0.15) is 46.1 Å². The first-order valence-corrected chi connectivity index (χ1v) is 14.0. The largest absolute Gasteiger partial charge is 0.468 e. The molecule has 0 spiro atoms. The van der Waals surface area contributed by atoms with Crippen LogP contribution in [0.5, 0.6) is 0 Å². The van der Waals surface area contributed by atoms with Gasteiger partial charge in [-0.15, -0.1) is 0 Å². The molecular weight excluding hydrogens is 514 g/mol. The minimum Gasteiger partial charge on any atom is -0.468 e. The summed E-state index contributed by atoms with van der Waals surface area (Å²) in [5, 5.41) is 14.0. The summed E-state index contributed by atoms with van der Waals surface area (Å²) in [6.07, 6.45) is 3.52. The molecule has 3 fully saturated rings. The number of nitrogens with one attached hydrogen (secondary N) is 1. The van der Waals surface area contributed by atoms with E-state index in [1.54, 1.807) is 6.92 Å². The standard InChI is InChI=1S/C31H43NO8/c1-18(25(33)29(3,36)17-23(37-5)38-6)12-11-15-21-26-30(4,40-26)19(2)24-22(16-20-13-9-8-10-14-20)32-27(34)31(21,24)28(35)39-7/h8-11,13-15,18-19,21-24,26,36H,12,16-17H2,1-7H3,(H,32,34)/b15-11+/t18-,19-,21-,22-,24-,26-,29?,30+,31+/m0/s1. The van der Waals surface area contributed by atoms with E-state index in [2.05, 4.69) is 12.2 Å². The number of hydrogen-bond acceptors (Lipinski definition) is 8. The number of rotatable bonds is 12. The lowest BCUT2D eigenvalue weighted by molar-refractivity contribution is -0.166. The SMILES string of the molecule is COC(=O)[C@@]12C(=O)N[C@@H](Cc3ccccc3)[C@@H]1[C@H](C)[C@@]1(C)O[C@H]1[C@@H]2/C=C/C[C@H](C)C(=O)C(C)(O)CC(OC)OC. The van der Waals surface area contributed by atoms with Gasteiger partial charge in [0.1, 0.15) is 5.60 Å². The summed E-state index contributed by atoms with van der Waals surface area (Å²) in [7, 11) is 4.22. The molecule has 4 rings (SSSR count). The van der Waals surface area contributed by atoms with Crippen LogP contribution in [0.4, 0.5) is 0 Å². The quantitative estimate of drug-likeness (QED) is 0.132. The average molecular weight is 558 g/mol. The van der Waals surface area contributed by atoms with Gasteiger partial charge in [-0.25, -0.2) is 0 Å². The summed E-state index contributed by atoms with van der Waals surface area (Å²) in [5.41, 5.74) is -2.51. The number of benzene rings is 1. The van der Waals surface area contributed by atoms with Gasteiger partial charge in [-0.1, -0.05) is 56.3 Å². The van der Waals surface area contributed by atoms with E-state index in [4.69, 9.17) is 18.9 Å². The van der Waals surface area contributed by atoms with Crippen LogP contribution in [0.25, 0.3) is 0 Å². The molecule has 0 aromatic heterocycles. The minimum atomic E-state index is -1.64. The van der Waals surface area contributed by atoms with E-state index in [0.717, 1.165) is 5.56 Å². The Labute approximate surface area is 236 Å². The maximum Gasteiger partial charge on any atom is 0.322 e. The number of ether oxygens (including phenoxy) is 4. The maximum absolute atomic E-state index is 13.8. The van der Waals surface area contributed by atoms with Crippen LogP contribution >= 0.6 is 0 Å². The summed E-state index contributed by atoms with van der Waals surface area (Å²) in [4.78, 5) is 40.5. The molecule has 40 heavy (non-hydrogen) atoms. The number of Topliss-reactive ketones (excluding diaryl/α,β-unsaturated/α-hetero) is 1. The van der Waals surface area contributed by atoms with Crippen molar-refractivity contribution >= 4 is 17.7 Å². The number of amides is 1. The van der Waals surface area contributed by atoms with Crippen LogP contribution in [0.2, 0.25) is 0 Å². The highest BCUT2D eigenvalue weighted by molar-refractivity contribution is 6.06. The van der Waals surface area contributed by atoms with Gasteiger partial charge in [0, 0.05) is 44.4 Å². The summed E-state index contributed by atoms with van der Waals surface area (Å²) < 4.78 is 21.9. The third-order valence-electron chi connectivity index (χ3n) is 9.56. The average Bonchev–Trinajstić information content (AvgIpc) is 3.55. The van der Waals surface area contributed by atoms with Crippen LogP contribution in [0.3, 0.4) is 0 Å². The van der Waals surface area contributed by atoms with Gasteiger partial charge in [-0.2, -0.15) is 0 Å². The number of ketones is 1. The fraction of sp³-hybridized carbons (Fsp3) is 0.645. The molecule has 1 aliphatic carbocycles. The Hall–Kier alpha value is -2.59. The molecule has 1 aromatic carbocycles. The predicted octanol–water partition coefficient (Wildman–Crippen LogP) is 2.84. The van der Waals surface area contributed by atoms with Crippen molar-refractivity contribution in [3.05, 3.63) is 48.0 Å². The van der Waals surface area contributed by atoms with Gasteiger partial charge in [0.15, 0.2) is 17.5 Å². The normalized spacial score (nSPS) is 35.0. The minimum absolute atomic E-state index is 0.00221. The van der Waals surface area contributed by atoms with Crippen LogP contribution in [0, 0.1) is 29.1 Å². The summed E-state index contributed by atoms with van der Waals surface area (Å²) in [6, 6.07) is 9.63. The number of hydrogen-bond donors (Lipinski definition) is 2. The second-order valence-corrected chi connectivity index (χ2v) is 12.0. The van der Waals surface area contributed by atoms with Crippen molar-refractivity contribution in [1.29, 1.82) is 0 Å². The fourth-order valence-corrected chi connectivity index (χ4v) is 7.18. The zero-order valence-electron chi connectivity index (χ0n) is 24.5. The number of aliphatic hydroxyl groups is 1. The molecule has 1 aromatic rings. The van der Waals surface area contributed by atoms with Gasteiger partial charge < -0.3 is 29.4 Å². The highest BCUT2D eigenvalue weighted by Gasteiger charge is 2.79. The lowest BCUT2D eigenvalue weighted by Gasteiger charge is -2.44. The Morgan fingerprint density at radius 3 is 2.45 bits per heavy atom. The molecule has 0 radical (unpaired) electrons. The Bertz CT molecular complexity index is 1130. The second-order valence-electron chi connectivity index (χ2n) is 12.0. The third kappa shape index (κ3) is 5.02. The first-order chi connectivity index (χ1) is 18.9. The number of carbonyl (C=O) groups is 3. The van der Waals surface area contributed by atoms with Gasteiger partial charge >= 0.3 is 5.97 Å². The lowest BCUT2D eigenvalue weighted by Crippen LogP contribution is -2.58. The molecule has 9 nitrogen and oxygen atoms in total. The number of fused-ring (bicyclic) bond motifs is 2. The van der Waals surface area contributed by atoms with Crippen molar-refractivity contribution in [2.24, 2.45) is 29.1 Å². The molecular formula is C31H43NO8. The number of methoxy groups -OCH3 is 3. The topological polar surface area (TPSA) is 124 Å². The molecule has 0 bridgehead atoms. The van der Waals surface area contributed by atoms with E-state index in [-0.39, 0.29) is 42.1 Å². The highest BCUT2D eigenvalue weighted by Crippen LogP contribution is 2.65. The van der Waals surface area contributed by atoms with Crippen LogP contribution in [-0.4, -0.2) is 73.7 Å². The van der Waals surface area contributed by atoms with Crippen molar-refractivity contribution in [1.82, 2.24) is 5.32 Å². The molecule has 2 saturated heterocycles. The van der Waals surface area contributed by atoms with E-state index in [1.165, 1.54) is 28.3 Å². The Balaban J connectivity index is 1.61. The first-order valence-electron chi connectivity index (χ1n) is 14.0. The molecule has 1 unspecified atom stereocenters. The number of epoxide rings is 1. The van der Waals surface area contributed by atoms with E-state index in [0.29, 0.717) is 12.8 Å². The van der Waals surface area contributed by atoms with E-state index >= 15 is 0 Å². The van der Waals surface area contributed by atoms with Gasteiger partial charge in [-0.3, -0.25) is 14.4 Å². The number of allylic oxidation sites excluding steroid dienone is 1. The van der Waals surface area contributed by atoms with Crippen LogP contribution in [-0.2, 0) is 39.8 Å². The summed E-state index contributed by atoms with van der Waals surface area (Å²) in [5.74, 6) is -2.79. The monoisotopic (exact) mass is 557 g/mol. The van der Waals surface area contributed by atoms with Crippen molar-refractivity contribution in [3.63, 3.8) is 0 Å². The molecule has 9 heteroatoms. The molecule has 220 valence electrons. The maximum atomic E-state index is 13.8. The molecule has 2 aliphatic heterocycles. The van der Waals surface area contributed by atoms with Crippen molar-refractivity contribution in [2.75, 3.05) is 21.3 Å². The van der Waals surface area contributed by atoms with Gasteiger partial charge in [0.05, 0.1) is 18.8 Å². The van der Waals surface area contributed by atoms with Gasteiger partial charge in [-0.05, 0) is 38.2 Å². The van der Waals surface area contributed by atoms with E-state index < -0.39 is 40.7 Å². The molecule has 2 N–H and O–H groups in total. The number of esters is 1. The highest BCUT2D eigenvalue weighted by atomic mass is 16.7. The zero-order valence-corrected chi connectivity index (χ0v) is 24.5. The first kappa shape index (κ1) is 30.4. The van der Waals surface area contributed by atoms with Crippen molar-refractivity contribution in [2.45, 2.75) is 76.6 Å². The molecule has 1 amide bonds. The van der Waals surface area contributed by atoms with E-state index in [9.17, 15) is 19.5 Å². The predicted molar refractivity (Wildman–Crippen MR) is 147 cm³/mol. The summed E-state index contributed by atoms with van der Waals surface area (Å²) >= 11 is 0. The van der Waals surface area contributed by atoms with Crippen LogP contribution < -0.4 is 5.32 Å². The summed E-state index contributed by atoms with van der Waals surface area (Å²) in [6.45, 7) is 7.29. The Morgan fingerprint density at radius 2 is 1.85 bits per heavy atom. The Kier molecular flexibility index (Phi) is 8.62. The Morgan fingerprint density at radius 1 is 1.20 bits per heavy atom. The molecule has 9 atom stereocenters. The molecule has 1 saturated carbocycles. The van der Waals surface area contributed by atoms with Crippen molar-refractivity contribution < 1.29 is 38.4 Å². The van der Waals surface area contributed by atoms with E-state index in [1.807, 2.05) is 49.4 Å². The van der Waals surface area contributed by atoms with Crippen LogP contribution in [0.15, 0.2) is 42.5 Å². The molecule has 3 aliphatic rings. The second kappa shape index (κ2) is 11.4. The third-order valence-corrected chi connectivity index (χ3v) is 9.56. The zero-order chi connectivity index (χ0) is 29.5. The van der Waals surface area contributed by atoms with Crippen molar-refractivity contribution in [3.8, 4) is 0 Å². The van der Waals surface area contributed by atoms with Gasteiger partial charge in [0.2, 0.25) is 5.91 Å².